The summed E-state index contributed by atoms with van der Waals surface area (Å²) in [6, 6.07) is 0. The average Bonchev–Trinajstić information content (AvgIpc) is 2.82. The zero-order valence-electron chi connectivity index (χ0n) is 17.9. The molecule has 0 heterocycles. The van der Waals surface area contributed by atoms with Gasteiger partial charge in [0, 0.05) is 24.7 Å². The molecule has 0 bridgehead atoms. The van der Waals surface area contributed by atoms with Gasteiger partial charge in [-0.05, 0) is 68.6 Å². The van der Waals surface area contributed by atoms with Gasteiger partial charge in [-0.2, -0.15) is 0 Å². The normalized spacial score (nSPS) is 51.6. The van der Waals surface area contributed by atoms with Gasteiger partial charge in [0.05, 0.1) is 4.83 Å². The van der Waals surface area contributed by atoms with E-state index in [9.17, 15) is 19.5 Å². The van der Waals surface area contributed by atoms with E-state index >= 15 is 0 Å². The van der Waals surface area contributed by atoms with Crippen molar-refractivity contribution in [2.24, 2.45) is 34.5 Å². The van der Waals surface area contributed by atoms with E-state index in [-0.39, 0.29) is 58.1 Å². The minimum atomic E-state index is -1.48. The number of aliphatic hydroxyl groups is 1. The summed E-state index contributed by atoms with van der Waals surface area (Å²) in [4.78, 5) is 37.2. The van der Waals surface area contributed by atoms with Crippen LogP contribution < -0.4 is 0 Å². The second-order valence-corrected chi connectivity index (χ2v) is 11.7. The highest BCUT2D eigenvalue weighted by Crippen LogP contribution is 2.68. The number of alkyl halides is 1. The van der Waals surface area contributed by atoms with Crippen molar-refractivity contribution in [3.63, 3.8) is 0 Å². The van der Waals surface area contributed by atoms with Crippen molar-refractivity contribution in [1.82, 2.24) is 0 Å². The Kier molecular flexibility index (Phi) is 5.09. The third-order valence-corrected chi connectivity index (χ3v) is 10.4. The van der Waals surface area contributed by atoms with Crippen molar-refractivity contribution >= 4 is 33.5 Å². The molecule has 29 heavy (non-hydrogen) atoms. The number of fused-ring (bicyclic) bond motifs is 5. The molecule has 0 amide bonds. The van der Waals surface area contributed by atoms with E-state index in [0.717, 1.165) is 38.5 Å². The molecule has 162 valence electrons. The lowest BCUT2D eigenvalue weighted by atomic mass is 9.44. The van der Waals surface area contributed by atoms with Crippen LogP contribution in [0.25, 0.3) is 0 Å². The molecule has 0 radical (unpaired) electrons. The highest BCUT2D eigenvalue weighted by molar-refractivity contribution is 9.09. The van der Waals surface area contributed by atoms with Crippen LogP contribution in [0.2, 0.25) is 0 Å². The Morgan fingerprint density at radius 3 is 2.45 bits per heavy atom. The molecule has 4 fully saturated rings. The molecule has 0 aromatic rings. The largest absolute Gasteiger partial charge is 0.463 e. The number of hydrogen-bond donors (Lipinski definition) is 1. The van der Waals surface area contributed by atoms with Crippen LogP contribution in [-0.4, -0.2) is 39.2 Å². The second kappa shape index (κ2) is 6.88. The minimum absolute atomic E-state index is 0.0217. The van der Waals surface area contributed by atoms with Gasteiger partial charge in [0.15, 0.2) is 5.78 Å². The lowest BCUT2D eigenvalue weighted by Crippen LogP contribution is -2.62. The van der Waals surface area contributed by atoms with Crippen molar-refractivity contribution in [2.45, 2.75) is 89.2 Å². The van der Waals surface area contributed by atoms with Crippen molar-refractivity contribution < 1.29 is 24.2 Å². The molecule has 4 aliphatic rings. The molecule has 0 aliphatic heterocycles. The lowest BCUT2D eigenvalue weighted by Gasteiger charge is -2.60. The fourth-order valence-electron chi connectivity index (χ4n) is 7.97. The number of hydrogen-bond acceptors (Lipinski definition) is 5. The van der Waals surface area contributed by atoms with Crippen molar-refractivity contribution in [3.8, 4) is 0 Å². The van der Waals surface area contributed by atoms with Crippen LogP contribution >= 0.6 is 15.9 Å². The maximum atomic E-state index is 13.6. The standard InChI is InChI=1S/C23H33BrO5/c1-12(25)23(28)19(24)10-17-16-6-5-14-9-15(29-13(2)26)7-8-21(14,3)20(16)18(27)11-22(17,23)4/h14-17,19-20,28H,5-11H2,1-4H3. The van der Waals surface area contributed by atoms with E-state index in [2.05, 4.69) is 22.9 Å². The van der Waals surface area contributed by atoms with Crippen molar-refractivity contribution in [3.05, 3.63) is 0 Å². The maximum Gasteiger partial charge on any atom is 0.302 e. The molecule has 4 rings (SSSR count). The predicted octanol–water partition coefficient (Wildman–Crippen LogP) is 3.83. The fourth-order valence-corrected chi connectivity index (χ4v) is 9.22. The molecule has 5 nitrogen and oxygen atoms in total. The fraction of sp³-hybridized carbons (Fsp3) is 0.870. The Morgan fingerprint density at radius 1 is 1.14 bits per heavy atom. The molecule has 9 atom stereocenters. The highest BCUT2D eigenvalue weighted by Gasteiger charge is 2.71. The van der Waals surface area contributed by atoms with Gasteiger partial charge in [-0.3, -0.25) is 14.4 Å². The van der Waals surface area contributed by atoms with Gasteiger partial charge in [0.25, 0.3) is 0 Å². The minimum Gasteiger partial charge on any atom is -0.463 e. The van der Waals surface area contributed by atoms with Crippen LogP contribution in [-0.2, 0) is 19.1 Å². The van der Waals surface area contributed by atoms with Gasteiger partial charge in [0.2, 0.25) is 0 Å². The predicted molar refractivity (Wildman–Crippen MR) is 111 cm³/mol. The smallest absolute Gasteiger partial charge is 0.302 e. The molecule has 4 aliphatic carbocycles. The first-order valence-corrected chi connectivity index (χ1v) is 11.9. The summed E-state index contributed by atoms with van der Waals surface area (Å²) >= 11 is 3.61. The molecule has 9 unspecified atom stereocenters. The molecular formula is C23H33BrO5. The first-order valence-electron chi connectivity index (χ1n) is 11.0. The Balaban J connectivity index is 1.65. The number of halogens is 1. The summed E-state index contributed by atoms with van der Waals surface area (Å²) in [5.41, 5.74) is -2.27. The summed E-state index contributed by atoms with van der Waals surface area (Å²) in [7, 11) is 0. The first-order chi connectivity index (χ1) is 13.4. The third kappa shape index (κ3) is 2.84. The van der Waals surface area contributed by atoms with E-state index in [1.807, 2.05) is 6.92 Å². The monoisotopic (exact) mass is 468 g/mol. The van der Waals surface area contributed by atoms with Crippen LogP contribution in [0.1, 0.15) is 72.6 Å². The third-order valence-electron chi connectivity index (χ3n) is 9.35. The van der Waals surface area contributed by atoms with E-state index in [1.54, 1.807) is 0 Å². The second-order valence-electron chi connectivity index (χ2n) is 10.6. The quantitative estimate of drug-likeness (QED) is 0.491. The summed E-state index contributed by atoms with van der Waals surface area (Å²) in [6.45, 7) is 7.13. The summed E-state index contributed by atoms with van der Waals surface area (Å²) in [5, 5.41) is 11.4. The Labute approximate surface area is 181 Å². The van der Waals surface area contributed by atoms with Crippen LogP contribution in [0.15, 0.2) is 0 Å². The molecular weight excluding hydrogens is 436 g/mol. The van der Waals surface area contributed by atoms with E-state index in [0.29, 0.717) is 5.92 Å². The van der Waals surface area contributed by atoms with E-state index in [4.69, 9.17) is 4.74 Å². The zero-order chi connectivity index (χ0) is 21.4. The average molecular weight is 469 g/mol. The van der Waals surface area contributed by atoms with Gasteiger partial charge >= 0.3 is 5.97 Å². The Bertz CT molecular complexity index is 752. The van der Waals surface area contributed by atoms with Crippen LogP contribution in [0.5, 0.6) is 0 Å². The SMILES string of the molecule is CC(=O)OC1CCC2(C)C(CCC3C2C(=O)CC2(C)C3CC(Br)C2(O)C(C)=O)C1. The molecule has 1 N–H and O–H groups in total. The number of carbonyl (C=O) groups excluding carboxylic acids is 3. The number of ether oxygens (including phenoxy) is 1. The van der Waals surface area contributed by atoms with Gasteiger partial charge in [-0.1, -0.05) is 29.8 Å². The Morgan fingerprint density at radius 2 is 1.83 bits per heavy atom. The first kappa shape index (κ1) is 21.5. The molecule has 0 aromatic heterocycles. The number of ketones is 2. The Hall–Kier alpha value is -0.750. The van der Waals surface area contributed by atoms with Crippen LogP contribution in [0.3, 0.4) is 0 Å². The number of rotatable bonds is 2. The van der Waals surface area contributed by atoms with Gasteiger partial charge in [-0.15, -0.1) is 0 Å². The maximum absolute atomic E-state index is 13.6. The van der Waals surface area contributed by atoms with E-state index < -0.39 is 11.0 Å². The molecule has 0 spiro atoms. The summed E-state index contributed by atoms with van der Waals surface area (Å²) in [6.07, 6.45) is 5.46. The van der Waals surface area contributed by atoms with Crippen LogP contribution in [0.4, 0.5) is 0 Å². The zero-order valence-corrected chi connectivity index (χ0v) is 19.5. The van der Waals surface area contributed by atoms with Crippen LogP contribution in [0, 0.1) is 34.5 Å². The van der Waals surface area contributed by atoms with E-state index in [1.165, 1.54) is 13.8 Å². The molecule has 0 aromatic carbocycles. The highest BCUT2D eigenvalue weighted by atomic mass is 79.9. The van der Waals surface area contributed by atoms with Gasteiger partial charge in [0.1, 0.15) is 17.5 Å². The number of carbonyl (C=O) groups is 3. The lowest BCUT2D eigenvalue weighted by molar-refractivity contribution is -0.180. The topological polar surface area (TPSA) is 80.7 Å². The van der Waals surface area contributed by atoms with Crippen molar-refractivity contribution in [2.75, 3.05) is 0 Å². The van der Waals surface area contributed by atoms with Gasteiger partial charge < -0.3 is 9.84 Å². The number of Topliss-reactive ketones (excluding diaryl/α,β-unsaturated/α-hetero) is 2. The van der Waals surface area contributed by atoms with Crippen molar-refractivity contribution in [1.29, 1.82) is 0 Å². The summed E-state index contributed by atoms with van der Waals surface area (Å²) in [5.74, 6) is 0.475. The molecule has 6 heteroatoms. The molecule has 4 saturated carbocycles. The number of esters is 1. The molecule has 0 saturated heterocycles. The summed E-state index contributed by atoms with van der Waals surface area (Å²) < 4.78 is 5.50. The van der Waals surface area contributed by atoms with Gasteiger partial charge in [-0.25, -0.2) is 0 Å².